The van der Waals surface area contributed by atoms with Crippen LogP contribution in [0.4, 0.5) is 10.2 Å². The molecule has 26 heavy (non-hydrogen) atoms. The van der Waals surface area contributed by atoms with Crippen molar-refractivity contribution < 1.29 is 13.9 Å². The maximum absolute atomic E-state index is 14.7. The number of aromatic amines is 1. The molecule has 0 saturated heterocycles. The number of rotatable bonds is 3. The van der Waals surface area contributed by atoms with E-state index in [1.54, 1.807) is 6.07 Å². The number of ether oxygens (including phenoxy) is 1. The average molecular weight is 354 g/mol. The van der Waals surface area contributed by atoms with Crippen molar-refractivity contribution in [3.63, 3.8) is 0 Å². The van der Waals surface area contributed by atoms with Crippen LogP contribution >= 0.6 is 0 Å². The molecule has 0 bridgehead atoms. The van der Waals surface area contributed by atoms with Crippen molar-refractivity contribution in [2.45, 2.75) is 26.3 Å². The molecule has 1 aromatic carbocycles. The van der Waals surface area contributed by atoms with Crippen molar-refractivity contribution in [1.29, 1.82) is 0 Å². The number of esters is 1. The molecule has 6 nitrogen and oxygen atoms in total. The van der Waals surface area contributed by atoms with Gasteiger partial charge in [0.2, 0.25) is 0 Å². The highest BCUT2D eigenvalue weighted by Crippen LogP contribution is 2.31. The SMILES string of the molecule is CCc1ncnc(N2CCc3[nH]c4ccc(C(=O)OC)cc4c3C2)c1F. The van der Waals surface area contributed by atoms with Crippen LogP contribution < -0.4 is 4.90 Å². The van der Waals surface area contributed by atoms with Crippen LogP contribution in [0.2, 0.25) is 0 Å². The van der Waals surface area contributed by atoms with Gasteiger partial charge in [-0.2, -0.15) is 0 Å². The summed E-state index contributed by atoms with van der Waals surface area (Å²) in [5.74, 6) is -0.390. The van der Waals surface area contributed by atoms with E-state index in [1.807, 2.05) is 24.0 Å². The number of hydrogen-bond donors (Lipinski definition) is 1. The van der Waals surface area contributed by atoms with Crippen LogP contribution in [0.3, 0.4) is 0 Å². The number of carbonyl (C=O) groups excluding carboxylic acids is 1. The number of benzene rings is 1. The fraction of sp³-hybridized carbons (Fsp3) is 0.316. The Labute approximate surface area is 150 Å². The molecule has 0 atom stereocenters. The molecule has 4 rings (SSSR count). The van der Waals surface area contributed by atoms with Gasteiger partial charge in [-0.25, -0.2) is 19.2 Å². The van der Waals surface area contributed by atoms with Crippen molar-refractivity contribution >= 4 is 22.7 Å². The number of anilines is 1. The molecule has 2 aromatic heterocycles. The van der Waals surface area contributed by atoms with Crippen molar-refractivity contribution in [2.24, 2.45) is 0 Å². The first kappa shape index (κ1) is 16.5. The molecule has 3 heterocycles. The Morgan fingerprint density at radius 3 is 3.00 bits per heavy atom. The Hall–Kier alpha value is -2.96. The van der Waals surface area contributed by atoms with E-state index < -0.39 is 0 Å². The van der Waals surface area contributed by atoms with Crippen LogP contribution in [-0.2, 0) is 24.1 Å². The van der Waals surface area contributed by atoms with Crippen LogP contribution in [0.15, 0.2) is 24.5 Å². The van der Waals surface area contributed by atoms with Crippen LogP contribution in [-0.4, -0.2) is 34.6 Å². The quantitative estimate of drug-likeness (QED) is 0.732. The lowest BCUT2D eigenvalue weighted by Crippen LogP contribution is -2.32. The van der Waals surface area contributed by atoms with E-state index in [0.29, 0.717) is 36.6 Å². The standard InChI is InChI=1S/C19H19FN4O2/c1-3-14-17(20)18(22-10-21-14)24-7-6-16-13(9-24)12-8-11(19(25)26-2)4-5-15(12)23-16/h4-5,8,10,23H,3,6-7,9H2,1-2H3. The molecule has 0 aliphatic carbocycles. The van der Waals surface area contributed by atoms with E-state index in [1.165, 1.54) is 13.4 Å². The number of carbonyl (C=O) groups is 1. The number of halogens is 1. The topological polar surface area (TPSA) is 71.1 Å². The van der Waals surface area contributed by atoms with Crippen LogP contribution in [0.5, 0.6) is 0 Å². The average Bonchev–Trinajstić information content (AvgIpc) is 3.04. The highest BCUT2D eigenvalue weighted by atomic mass is 19.1. The second-order valence-corrected chi connectivity index (χ2v) is 6.32. The van der Waals surface area contributed by atoms with Crippen molar-refractivity contribution in [3.8, 4) is 0 Å². The van der Waals surface area contributed by atoms with E-state index in [0.717, 1.165) is 28.6 Å². The Morgan fingerprint density at radius 1 is 1.38 bits per heavy atom. The minimum absolute atomic E-state index is 0.334. The van der Waals surface area contributed by atoms with Crippen molar-refractivity contribution in [1.82, 2.24) is 15.0 Å². The first-order valence-electron chi connectivity index (χ1n) is 8.58. The first-order chi connectivity index (χ1) is 12.6. The monoisotopic (exact) mass is 354 g/mol. The largest absolute Gasteiger partial charge is 0.465 e. The minimum atomic E-state index is -0.371. The predicted molar refractivity (Wildman–Crippen MR) is 95.8 cm³/mol. The fourth-order valence-electron chi connectivity index (χ4n) is 3.50. The summed E-state index contributed by atoms with van der Waals surface area (Å²) < 4.78 is 19.5. The predicted octanol–water partition coefficient (Wildman–Crippen LogP) is 3.01. The normalized spacial score (nSPS) is 13.7. The number of H-pyrrole nitrogens is 1. The van der Waals surface area contributed by atoms with E-state index in [4.69, 9.17) is 4.74 Å². The number of fused-ring (bicyclic) bond motifs is 3. The molecular formula is C19H19FN4O2. The van der Waals surface area contributed by atoms with Crippen LogP contribution in [0.25, 0.3) is 10.9 Å². The van der Waals surface area contributed by atoms with Crippen LogP contribution in [0.1, 0.15) is 34.2 Å². The Balaban J connectivity index is 1.75. The van der Waals surface area contributed by atoms with Gasteiger partial charge in [0.1, 0.15) is 6.33 Å². The van der Waals surface area contributed by atoms with E-state index in [2.05, 4.69) is 15.0 Å². The Morgan fingerprint density at radius 2 is 2.23 bits per heavy atom. The lowest BCUT2D eigenvalue weighted by molar-refractivity contribution is 0.0601. The first-order valence-corrected chi connectivity index (χ1v) is 8.58. The number of methoxy groups -OCH3 is 1. The molecule has 1 N–H and O–H groups in total. The summed E-state index contributed by atoms with van der Waals surface area (Å²) >= 11 is 0. The maximum Gasteiger partial charge on any atom is 0.337 e. The molecule has 1 aliphatic rings. The van der Waals surface area contributed by atoms with Gasteiger partial charge in [0.25, 0.3) is 0 Å². The van der Waals surface area contributed by atoms with Gasteiger partial charge in [-0.3, -0.25) is 0 Å². The lowest BCUT2D eigenvalue weighted by Gasteiger charge is -2.28. The number of aromatic nitrogens is 3. The van der Waals surface area contributed by atoms with Crippen molar-refractivity contribution in [2.75, 3.05) is 18.6 Å². The molecule has 0 spiro atoms. The van der Waals surface area contributed by atoms with Gasteiger partial charge in [-0.1, -0.05) is 6.92 Å². The number of nitrogens with zero attached hydrogens (tertiary/aromatic N) is 3. The zero-order valence-electron chi connectivity index (χ0n) is 14.7. The zero-order chi connectivity index (χ0) is 18.3. The smallest absolute Gasteiger partial charge is 0.337 e. The molecule has 1 aliphatic heterocycles. The summed E-state index contributed by atoms with van der Waals surface area (Å²) in [6.45, 7) is 3.06. The third-order valence-electron chi connectivity index (χ3n) is 4.87. The summed E-state index contributed by atoms with van der Waals surface area (Å²) in [5, 5.41) is 0.956. The molecule has 0 unspecified atom stereocenters. The molecule has 134 valence electrons. The highest BCUT2D eigenvalue weighted by molar-refractivity contribution is 5.96. The number of nitrogens with one attached hydrogen (secondary N) is 1. The van der Waals surface area contributed by atoms with Gasteiger partial charge in [0.15, 0.2) is 11.6 Å². The van der Waals surface area contributed by atoms with Gasteiger partial charge in [0.05, 0.1) is 18.4 Å². The molecule has 3 aromatic rings. The summed E-state index contributed by atoms with van der Waals surface area (Å²) in [5.41, 5.74) is 4.06. The third kappa shape index (κ3) is 2.60. The Bertz CT molecular complexity index is 999. The summed E-state index contributed by atoms with van der Waals surface area (Å²) in [6.07, 6.45) is 2.69. The number of aryl methyl sites for hydroxylation is 1. The summed E-state index contributed by atoms with van der Waals surface area (Å²) in [4.78, 5) is 25.3. The van der Waals surface area contributed by atoms with Gasteiger partial charge in [0, 0.05) is 41.7 Å². The van der Waals surface area contributed by atoms with E-state index in [9.17, 15) is 9.18 Å². The summed E-state index contributed by atoms with van der Waals surface area (Å²) in [6, 6.07) is 5.45. The van der Waals surface area contributed by atoms with Gasteiger partial charge in [-0.15, -0.1) is 0 Å². The maximum atomic E-state index is 14.7. The van der Waals surface area contributed by atoms with Gasteiger partial charge in [-0.05, 0) is 24.6 Å². The highest BCUT2D eigenvalue weighted by Gasteiger charge is 2.25. The fourth-order valence-corrected chi connectivity index (χ4v) is 3.50. The zero-order valence-corrected chi connectivity index (χ0v) is 14.7. The lowest BCUT2D eigenvalue weighted by atomic mass is 10.0. The molecule has 0 radical (unpaired) electrons. The second-order valence-electron chi connectivity index (χ2n) is 6.32. The van der Waals surface area contributed by atoms with E-state index in [-0.39, 0.29) is 11.8 Å². The molecule has 0 amide bonds. The second kappa shape index (κ2) is 6.40. The molecule has 7 heteroatoms. The summed E-state index contributed by atoms with van der Waals surface area (Å²) in [7, 11) is 1.37. The number of hydrogen-bond acceptors (Lipinski definition) is 5. The molecular weight excluding hydrogens is 335 g/mol. The van der Waals surface area contributed by atoms with Gasteiger partial charge < -0.3 is 14.6 Å². The minimum Gasteiger partial charge on any atom is -0.465 e. The van der Waals surface area contributed by atoms with Crippen molar-refractivity contribution in [3.05, 3.63) is 52.9 Å². The molecule has 0 fully saturated rings. The van der Waals surface area contributed by atoms with Gasteiger partial charge >= 0.3 is 5.97 Å². The van der Waals surface area contributed by atoms with Crippen LogP contribution in [0, 0.1) is 5.82 Å². The van der Waals surface area contributed by atoms with E-state index >= 15 is 0 Å². The Kier molecular flexibility index (Phi) is 4.06. The molecule has 0 saturated carbocycles. The third-order valence-corrected chi connectivity index (χ3v) is 4.87.